The summed E-state index contributed by atoms with van der Waals surface area (Å²) in [4.78, 5) is 0. The Morgan fingerprint density at radius 1 is 1.15 bits per heavy atom. The van der Waals surface area contributed by atoms with E-state index in [2.05, 4.69) is 34.8 Å². The third-order valence-corrected chi connectivity index (χ3v) is 4.74. The maximum Gasteiger partial charge on any atom is 0.172 e. The van der Waals surface area contributed by atoms with E-state index in [1.807, 2.05) is 60.1 Å². The lowest BCUT2D eigenvalue weighted by Gasteiger charge is -2.16. The number of nitrogens with one attached hydrogen (secondary N) is 2. The van der Waals surface area contributed by atoms with Gasteiger partial charge in [-0.15, -0.1) is 0 Å². The maximum absolute atomic E-state index is 6.25. The van der Waals surface area contributed by atoms with Crippen LogP contribution in [0.15, 0.2) is 60.7 Å². The molecule has 0 radical (unpaired) electrons. The van der Waals surface area contributed by atoms with Gasteiger partial charge in [0.25, 0.3) is 0 Å². The first-order valence-corrected chi connectivity index (χ1v) is 9.22. The van der Waals surface area contributed by atoms with Gasteiger partial charge in [0.05, 0.1) is 12.6 Å². The average Bonchev–Trinajstić information content (AvgIpc) is 2.96. The molecule has 3 rings (SSSR count). The highest BCUT2D eigenvalue weighted by Gasteiger charge is 2.10. The van der Waals surface area contributed by atoms with Crippen molar-refractivity contribution in [1.29, 1.82) is 0 Å². The van der Waals surface area contributed by atoms with Crippen LogP contribution < -0.4 is 10.6 Å². The van der Waals surface area contributed by atoms with Crippen LogP contribution in [0, 0.1) is 6.92 Å². The molecule has 0 saturated heterocycles. The van der Waals surface area contributed by atoms with E-state index in [0.29, 0.717) is 17.5 Å². The van der Waals surface area contributed by atoms with E-state index in [1.54, 1.807) is 0 Å². The second-order valence-electron chi connectivity index (χ2n) is 6.15. The minimum Gasteiger partial charge on any atom is -0.356 e. The van der Waals surface area contributed by atoms with Crippen molar-refractivity contribution in [2.45, 2.75) is 26.4 Å². The van der Waals surface area contributed by atoms with E-state index in [9.17, 15) is 0 Å². The van der Waals surface area contributed by atoms with E-state index in [4.69, 9.17) is 23.8 Å². The Hall–Kier alpha value is -2.37. The Bertz CT molecular complexity index is 892. The Kier molecular flexibility index (Phi) is 5.91. The Balaban J connectivity index is 1.64. The molecule has 0 aliphatic carbocycles. The summed E-state index contributed by atoms with van der Waals surface area (Å²) in [7, 11) is 0. The van der Waals surface area contributed by atoms with Gasteiger partial charge in [-0.3, -0.25) is 4.68 Å². The van der Waals surface area contributed by atoms with Crippen LogP contribution in [0.25, 0.3) is 0 Å². The van der Waals surface area contributed by atoms with Crippen LogP contribution in [0.5, 0.6) is 0 Å². The molecule has 26 heavy (non-hydrogen) atoms. The topological polar surface area (TPSA) is 41.9 Å². The van der Waals surface area contributed by atoms with Crippen molar-refractivity contribution in [2.75, 3.05) is 5.32 Å². The average molecular weight is 385 g/mol. The normalized spacial score (nSPS) is 11.8. The fraction of sp³-hybridized carbons (Fsp3) is 0.200. The number of aromatic nitrogens is 2. The molecule has 0 fully saturated rings. The third kappa shape index (κ3) is 4.62. The fourth-order valence-electron chi connectivity index (χ4n) is 2.69. The van der Waals surface area contributed by atoms with Gasteiger partial charge in [-0.05, 0) is 43.3 Å². The van der Waals surface area contributed by atoms with E-state index in [1.165, 1.54) is 5.56 Å². The number of hydrogen-bond donors (Lipinski definition) is 2. The summed E-state index contributed by atoms with van der Waals surface area (Å²) >= 11 is 11.7. The molecule has 1 unspecified atom stereocenters. The molecule has 0 aliphatic rings. The van der Waals surface area contributed by atoms with Gasteiger partial charge in [0.15, 0.2) is 10.9 Å². The molecule has 3 aromatic rings. The second-order valence-corrected chi connectivity index (χ2v) is 6.97. The van der Waals surface area contributed by atoms with Crippen molar-refractivity contribution in [3.05, 3.63) is 82.5 Å². The highest BCUT2D eigenvalue weighted by atomic mass is 35.5. The van der Waals surface area contributed by atoms with Gasteiger partial charge in [-0.2, -0.15) is 5.10 Å². The highest BCUT2D eigenvalue weighted by Crippen LogP contribution is 2.18. The Morgan fingerprint density at radius 2 is 1.85 bits per heavy atom. The van der Waals surface area contributed by atoms with Crippen molar-refractivity contribution in [2.24, 2.45) is 0 Å². The molecule has 2 N–H and O–H groups in total. The molecule has 0 saturated carbocycles. The summed E-state index contributed by atoms with van der Waals surface area (Å²) < 4.78 is 1.91. The minimum absolute atomic E-state index is 0.113. The first kappa shape index (κ1) is 18.4. The summed E-state index contributed by atoms with van der Waals surface area (Å²) in [6.07, 6.45) is 0. The molecule has 6 heteroatoms. The van der Waals surface area contributed by atoms with Crippen LogP contribution in [-0.2, 0) is 6.54 Å². The van der Waals surface area contributed by atoms with Crippen molar-refractivity contribution < 1.29 is 0 Å². The van der Waals surface area contributed by atoms with Crippen LogP contribution in [0.4, 0.5) is 5.82 Å². The Labute approximate surface area is 164 Å². The van der Waals surface area contributed by atoms with Gasteiger partial charge in [0.1, 0.15) is 0 Å². The zero-order valence-corrected chi connectivity index (χ0v) is 16.3. The lowest BCUT2D eigenvalue weighted by atomic mass is 10.1. The van der Waals surface area contributed by atoms with Gasteiger partial charge >= 0.3 is 0 Å². The van der Waals surface area contributed by atoms with E-state index >= 15 is 0 Å². The van der Waals surface area contributed by atoms with Crippen LogP contribution in [-0.4, -0.2) is 14.9 Å². The van der Waals surface area contributed by atoms with E-state index < -0.39 is 0 Å². The van der Waals surface area contributed by atoms with Crippen molar-refractivity contribution in [3.63, 3.8) is 0 Å². The molecule has 2 aromatic carbocycles. The predicted octanol–water partition coefficient (Wildman–Crippen LogP) is 4.94. The van der Waals surface area contributed by atoms with Crippen LogP contribution in [0.3, 0.4) is 0 Å². The smallest absolute Gasteiger partial charge is 0.172 e. The summed E-state index contributed by atoms with van der Waals surface area (Å²) in [6, 6.07) is 20.1. The van der Waals surface area contributed by atoms with Crippen molar-refractivity contribution in [1.82, 2.24) is 15.1 Å². The fourth-order valence-corrected chi connectivity index (χ4v) is 3.17. The molecular weight excluding hydrogens is 364 g/mol. The molecule has 1 heterocycles. The molecule has 0 amide bonds. The standard InChI is InChI=1S/C20H21ClN4S/c1-14-12-19(24-25(14)13-17-10-6-7-11-18(17)21)23-20(26)22-15(2)16-8-4-3-5-9-16/h3-12,15H,13H2,1-2H3,(H2,22,23,24,26). The molecule has 0 bridgehead atoms. The van der Waals surface area contributed by atoms with Crippen LogP contribution in [0.2, 0.25) is 5.02 Å². The number of hydrogen-bond acceptors (Lipinski definition) is 2. The SMILES string of the molecule is Cc1cc(NC(=S)NC(C)c2ccccc2)nn1Cc1ccccc1Cl. The molecule has 1 aromatic heterocycles. The molecular formula is C20H21ClN4S. The molecule has 134 valence electrons. The van der Waals surface area contributed by atoms with Crippen molar-refractivity contribution >= 4 is 34.7 Å². The largest absolute Gasteiger partial charge is 0.356 e. The van der Waals surface area contributed by atoms with E-state index in [0.717, 1.165) is 16.3 Å². The number of anilines is 1. The van der Waals surface area contributed by atoms with Gasteiger partial charge in [-0.25, -0.2) is 0 Å². The highest BCUT2D eigenvalue weighted by molar-refractivity contribution is 7.80. The third-order valence-electron chi connectivity index (χ3n) is 4.15. The number of rotatable bonds is 5. The maximum atomic E-state index is 6.25. The number of aryl methyl sites for hydroxylation is 1. The number of thiocarbonyl (C=S) groups is 1. The number of halogens is 1. The monoisotopic (exact) mass is 384 g/mol. The summed E-state index contributed by atoms with van der Waals surface area (Å²) in [5.41, 5.74) is 3.24. The summed E-state index contributed by atoms with van der Waals surface area (Å²) in [5, 5.41) is 12.3. The molecule has 0 spiro atoms. The first-order valence-electron chi connectivity index (χ1n) is 8.43. The quantitative estimate of drug-likeness (QED) is 0.611. The van der Waals surface area contributed by atoms with Gasteiger partial charge in [0.2, 0.25) is 0 Å². The lowest BCUT2D eigenvalue weighted by Crippen LogP contribution is -2.31. The van der Waals surface area contributed by atoms with Gasteiger partial charge < -0.3 is 10.6 Å². The zero-order valence-electron chi connectivity index (χ0n) is 14.7. The van der Waals surface area contributed by atoms with Gasteiger partial charge in [-0.1, -0.05) is 60.1 Å². The second kappa shape index (κ2) is 8.34. The Morgan fingerprint density at radius 3 is 2.58 bits per heavy atom. The van der Waals surface area contributed by atoms with Gasteiger partial charge in [0, 0.05) is 16.8 Å². The summed E-state index contributed by atoms with van der Waals surface area (Å²) in [6.45, 7) is 4.70. The first-order chi connectivity index (χ1) is 12.5. The summed E-state index contributed by atoms with van der Waals surface area (Å²) in [5.74, 6) is 0.715. The molecule has 1 atom stereocenters. The zero-order chi connectivity index (χ0) is 18.5. The minimum atomic E-state index is 0.113. The van der Waals surface area contributed by atoms with E-state index in [-0.39, 0.29) is 6.04 Å². The number of nitrogens with zero attached hydrogens (tertiary/aromatic N) is 2. The lowest BCUT2D eigenvalue weighted by molar-refractivity contribution is 0.667. The van der Waals surface area contributed by atoms with Crippen LogP contribution >= 0.6 is 23.8 Å². The van der Waals surface area contributed by atoms with Crippen molar-refractivity contribution in [3.8, 4) is 0 Å². The van der Waals surface area contributed by atoms with Crippen LogP contribution in [0.1, 0.15) is 29.8 Å². The molecule has 0 aliphatic heterocycles. The predicted molar refractivity (Wildman–Crippen MR) is 112 cm³/mol. The molecule has 4 nitrogen and oxygen atoms in total. The number of benzene rings is 2.